The summed E-state index contributed by atoms with van der Waals surface area (Å²) in [5.74, 6) is 0. The number of hydrogen-bond donors (Lipinski definition) is 0. The standard InChI is InChI=1S/C15H28IN3/c1-12(2,3)14(6,7)13(4,5)11-10-19(18-17-11)15(8,9)16/h10H,1-9H3. The molecule has 1 rings (SSSR count). The summed E-state index contributed by atoms with van der Waals surface area (Å²) in [6.45, 7) is 20.3. The Morgan fingerprint density at radius 1 is 0.947 bits per heavy atom. The molecule has 0 N–H and O–H groups in total. The zero-order valence-electron chi connectivity index (χ0n) is 13.8. The maximum atomic E-state index is 4.44. The van der Waals surface area contributed by atoms with Crippen molar-refractivity contribution in [2.75, 3.05) is 0 Å². The second-order valence-electron chi connectivity index (χ2n) is 7.96. The summed E-state index contributed by atoms with van der Waals surface area (Å²) in [6.07, 6.45) is 2.10. The molecule has 0 radical (unpaired) electrons. The van der Waals surface area contributed by atoms with Crippen LogP contribution in [0.15, 0.2) is 6.20 Å². The van der Waals surface area contributed by atoms with Crippen molar-refractivity contribution in [1.29, 1.82) is 0 Å². The van der Waals surface area contributed by atoms with Crippen LogP contribution in [0.2, 0.25) is 0 Å². The van der Waals surface area contributed by atoms with E-state index in [0.29, 0.717) is 0 Å². The van der Waals surface area contributed by atoms with Crippen LogP contribution < -0.4 is 0 Å². The van der Waals surface area contributed by atoms with E-state index in [-0.39, 0.29) is 19.8 Å². The molecule has 4 heteroatoms. The molecule has 0 fully saturated rings. The zero-order chi connectivity index (χ0) is 15.3. The van der Waals surface area contributed by atoms with Gasteiger partial charge in [-0.05, 0) is 24.7 Å². The van der Waals surface area contributed by atoms with Crippen LogP contribution in [-0.4, -0.2) is 15.0 Å². The van der Waals surface area contributed by atoms with Gasteiger partial charge >= 0.3 is 0 Å². The molecule has 0 aromatic carbocycles. The third kappa shape index (κ3) is 2.98. The van der Waals surface area contributed by atoms with Gasteiger partial charge in [-0.3, -0.25) is 0 Å². The third-order valence-electron chi connectivity index (χ3n) is 5.12. The molecule has 0 unspecified atom stereocenters. The van der Waals surface area contributed by atoms with E-state index in [9.17, 15) is 0 Å². The van der Waals surface area contributed by atoms with Gasteiger partial charge < -0.3 is 0 Å². The van der Waals surface area contributed by atoms with Gasteiger partial charge in [-0.1, -0.05) is 76.3 Å². The van der Waals surface area contributed by atoms with Crippen LogP contribution in [0.3, 0.4) is 0 Å². The van der Waals surface area contributed by atoms with Crippen molar-refractivity contribution in [3.63, 3.8) is 0 Å². The first kappa shape index (κ1) is 16.9. The monoisotopic (exact) mass is 377 g/mol. The van der Waals surface area contributed by atoms with Gasteiger partial charge in [-0.2, -0.15) is 0 Å². The molecule has 0 aliphatic rings. The molecule has 0 aliphatic carbocycles. The fourth-order valence-corrected chi connectivity index (χ4v) is 2.30. The Balaban J connectivity index is 3.25. The van der Waals surface area contributed by atoms with Crippen LogP contribution in [0.1, 0.15) is 68.0 Å². The van der Waals surface area contributed by atoms with Gasteiger partial charge in [0.15, 0.2) is 0 Å². The van der Waals surface area contributed by atoms with Gasteiger partial charge in [0.25, 0.3) is 0 Å². The summed E-state index contributed by atoms with van der Waals surface area (Å²) < 4.78 is 1.90. The van der Waals surface area contributed by atoms with Crippen molar-refractivity contribution in [2.45, 2.75) is 71.3 Å². The largest absolute Gasteiger partial charge is 0.237 e. The highest BCUT2D eigenvalue weighted by atomic mass is 127. The van der Waals surface area contributed by atoms with Crippen LogP contribution >= 0.6 is 22.6 Å². The number of alkyl halides is 1. The number of rotatable bonds is 3. The lowest BCUT2D eigenvalue weighted by molar-refractivity contribution is 0.0431. The highest BCUT2D eigenvalue weighted by molar-refractivity contribution is 14.1. The molecular formula is C15H28IN3. The van der Waals surface area contributed by atoms with Gasteiger partial charge in [-0.25, -0.2) is 4.68 Å². The van der Waals surface area contributed by atoms with Gasteiger partial charge in [0.2, 0.25) is 0 Å². The van der Waals surface area contributed by atoms with Gasteiger partial charge in [0, 0.05) is 5.41 Å². The zero-order valence-corrected chi connectivity index (χ0v) is 16.0. The van der Waals surface area contributed by atoms with E-state index in [1.54, 1.807) is 0 Å². The van der Waals surface area contributed by atoms with Crippen molar-refractivity contribution in [1.82, 2.24) is 15.0 Å². The van der Waals surface area contributed by atoms with Crippen molar-refractivity contribution < 1.29 is 0 Å². The van der Waals surface area contributed by atoms with Crippen LogP contribution in [0.4, 0.5) is 0 Å². The molecule has 1 aromatic rings. The second-order valence-corrected chi connectivity index (χ2v) is 10.6. The summed E-state index contributed by atoms with van der Waals surface area (Å²) in [7, 11) is 0. The van der Waals surface area contributed by atoms with Crippen molar-refractivity contribution >= 4 is 22.6 Å². The van der Waals surface area contributed by atoms with E-state index in [1.165, 1.54) is 0 Å². The van der Waals surface area contributed by atoms with Crippen molar-refractivity contribution in [2.24, 2.45) is 10.8 Å². The topological polar surface area (TPSA) is 30.7 Å². The van der Waals surface area contributed by atoms with Crippen LogP contribution in [0, 0.1) is 10.8 Å². The minimum Gasteiger partial charge on any atom is -0.237 e. The quantitative estimate of drug-likeness (QED) is 0.562. The molecule has 0 atom stereocenters. The van der Waals surface area contributed by atoms with Crippen molar-refractivity contribution in [3.8, 4) is 0 Å². The first-order chi connectivity index (χ1) is 8.21. The molecular weight excluding hydrogens is 349 g/mol. The molecule has 0 bridgehead atoms. The Labute approximate surface area is 131 Å². The summed E-state index contributed by atoms with van der Waals surface area (Å²) >= 11 is 2.38. The number of aromatic nitrogens is 3. The van der Waals surface area contributed by atoms with Gasteiger partial charge in [0.05, 0.1) is 11.9 Å². The van der Waals surface area contributed by atoms with Crippen LogP contribution in [0.5, 0.6) is 0 Å². The average molecular weight is 377 g/mol. The Bertz CT molecular complexity index is 445. The first-order valence-electron chi connectivity index (χ1n) is 6.83. The minimum atomic E-state index is -0.0506. The molecule has 3 nitrogen and oxygen atoms in total. The molecule has 19 heavy (non-hydrogen) atoms. The number of nitrogens with zero attached hydrogens (tertiary/aromatic N) is 3. The third-order valence-corrected chi connectivity index (χ3v) is 5.61. The van der Waals surface area contributed by atoms with E-state index < -0.39 is 0 Å². The smallest absolute Gasteiger partial charge is 0.110 e. The highest BCUT2D eigenvalue weighted by Gasteiger charge is 2.48. The maximum absolute atomic E-state index is 4.44. The summed E-state index contributed by atoms with van der Waals surface area (Å²) in [4.78, 5) is 0. The predicted molar refractivity (Wildman–Crippen MR) is 89.6 cm³/mol. The van der Waals surface area contributed by atoms with E-state index in [2.05, 4.69) is 101 Å². The van der Waals surface area contributed by atoms with E-state index >= 15 is 0 Å². The normalized spacial score (nSPS) is 14.8. The average Bonchev–Trinajstić information content (AvgIpc) is 2.63. The lowest BCUT2D eigenvalue weighted by Crippen LogP contribution is -2.46. The molecule has 1 heterocycles. The number of halogens is 1. The first-order valence-corrected chi connectivity index (χ1v) is 7.91. The molecule has 0 spiro atoms. The van der Waals surface area contributed by atoms with E-state index in [4.69, 9.17) is 0 Å². The Morgan fingerprint density at radius 3 is 1.74 bits per heavy atom. The fraction of sp³-hybridized carbons (Fsp3) is 0.867. The van der Waals surface area contributed by atoms with Crippen LogP contribution in [0.25, 0.3) is 0 Å². The van der Waals surface area contributed by atoms with E-state index in [0.717, 1.165) is 5.69 Å². The summed E-state index contributed by atoms with van der Waals surface area (Å²) in [6, 6.07) is 0. The summed E-state index contributed by atoms with van der Waals surface area (Å²) in [5, 5.41) is 8.75. The fourth-order valence-electron chi connectivity index (χ4n) is 2.07. The Hall–Kier alpha value is -0.130. The molecule has 0 saturated heterocycles. The second kappa shape index (κ2) is 4.71. The Morgan fingerprint density at radius 2 is 1.42 bits per heavy atom. The van der Waals surface area contributed by atoms with E-state index in [1.807, 2.05) is 4.68 Å². The Kier molecular flexibility index (Phi) is 4.19. The van der Waals surface area contributed by atoms with Crippen molar-refractivity contribution in [3.05, 3.63) is 11.9 Å². The lowest BCUT2D eigenvalue weighted by Gasteiger charge is -2.49. The highest BCUT2D eigenvalue weighted by Crippen LogP contribution is 2.51. The predicted octanol–water partition coefficient (Wildman–Crippen LogP) is 4.76. The SMILES string of the molecule is CC(C)(I)n1cc(C(C)(C)C(C)(C)C(C)(C)C)nn1. The molecule has 0 saturated carbocycles. The van der Waals surface area contributed by atoms with Gasteiger partial charge in [-0.15, -0.1) is 5.10 Å². The molecule has 0 aliphatic heterocycles. The molecule has 110 valence electrons. The number of hydrogen-bond acceptors (Lipinski definition) is 2. The molecule has 1 aromatic heterocycles. The maximum Gasteiger partial charge on any atom is 0.110 e. The van der Waals surface area contributed by atoms with Crippen LogP contribution in [-0.2, 0) is 8.96 Å². The molecule has 0 amide bonds. The van der Waals surface area contributed by atoms with Gasteiger partial charge in [0.1, 0.15) is 3.55 Å². The minimum absolute atomic E-state index is 0.0363. The summed E-state index contributed by atoms with van der Waals surface area (Å²) in [5.41, 5.74) is 1.33. The lowest BCUT2D eigenvalue weighted by atomic mass is 9.54.